The second kappa shape index (κ2) is 16.8. The highest BCUT2D eigenvalue weighted by atomic mass is 15.1. The van der Waals surface area contributed by atoms with Gasteiger partial charge in [0.2, 0.25) is 0 Å². The molecule has 0 spiro atoms. The Morgan fingerprint density at radius 3 is 1.08 bits per heavy atom. The van der Waals surface area contributed by atoms with Crippen LogP contribution in [0.2, 0.25) is 0 Å². The molecule has 0 atom stereocenters. The third kappa shape index (κ3) is 7.39. The van der Waals surface area contributed by atoms with Gasteiger partial charge < -0.3 is 9.80 Å². The maximum atomic E-state index is 2.43. The van der Waals surface area contributed by atoms with Crippen molar-refractivity contribution in [2.24, 2.45) is 0 Å². The van der Waals surface area contributed by atoms with Gasteiger partial charge in [-0.15, -0.1) is 0 Å². The lowest BCUT2D eigenvalue weighted by atomic mass is 9.82. The summed E-state index contributed by atoms with van der Waals surface area (Å²) in [4.78, 5) is 4.77. The topological polar surface area (TPSA) is 6.48 Å². The van der Waals surface area contributed by atoms with Gasteiger partial charge in [0.25, 0.3) is 0 Å². The van der Waals surface area contributed by atoms with Crippen molar-refractivity contribution in [3.05, 3.63) is 266 Å². The molecule has 11 rings (SSSR count). The van der Waals surface area contributed by atoms with Crippen molar-refractivity contribution < 1.29 is 0 Å². The number of hydrogen-bond donors (Lipinski definition) is 0. The van der Waals surface area contributed by atoms with Crippen molar-refractivity contribution in [1.82, 2.24) is 0 Å². The standard InChI is InChI=1S/C63H48N2/c1-63(2)61-31-19-18-30-57(61)60-44-54(38-41-62(60)63)65(51-34-32-46(33-35-51)45-20-8-3-9-21-45)53-37-40-56(59(43-53)48-24-12-5-13-25-48)55-39-36-52(42-58(55)47-22-10-4-11-23-47)64(49-26-14-6-15-27-49)50-28-16-7-17-29-50/h3-44H,1-2H3. The molecule has 310 valence electrons. The van der Waals surface area contributed by atoms with Crippen LogP contribution in [-0.4, -0.2) is 0 Å². The minimum absolute atomic E-state index is 0.0834. The number of rotatable bonds is 10. The molecule has 0 aliphatic heterocycles. The van der Waals surface area contributed by atoms with Gasteiger partial charge in [0.05, 0.1) is 0 Å². The summed E-state index contributed by atoms with van der Waals surface area (Å²) in [6.07, 6.45) is 0. The van der Waals surface area contributed by atoms with Gasteiger partial charge in [-0.05, 0) is 140 Å². The molecule has 2 nitrogen and oxygen atoms in total. The summed E-state index contributed by atoms with van der Waals surface area (Å²) >= 11 is 0. The Morgan fingerprint density at radius 2 is 0.569 bits per heavy atom. The second-order valence-corrected chi connectivity index (χ2v) is 17.3. The summed E-state index contributed by atoms with van der Waals surface area (Å²) in [7, 11) is 0. The van der Waals surface area contributed by atoms with Gasteiger partial charge in [0.1, 0.15) is 0 Å². The first-order valence-corrected chi connectivity index (χ1v) is 22.5. The predicted molar refractivity (Wildman–Crippen MR) is 275 cm³/mol. The van der Waals surface area contributed by atoms with E-state index in [1.165, 1.54) is 44.5 Å². The van der Waals surface area contributed by atoms with E-state index in [4.69, 9.17) is 0 Å². The normalized spacial score (nSPS) is 12.3. The molecular weight excluding hydrogens is 785 g/mol. The van der Waals surface area contributed by atoms with Crippen molar-refractivity contribution in [2.75, 3.05) is 9.80 Å². The predicted octanol–water partition coefficient (Wildman–Crippen LogP) is 17.6. The molecule has 0 unspecified atom stereocenters. The van der Waals surface area contributed by atoms with E-state index in [1.54, 1.807) is 0 Å². The summed E-state index contributed by atoms with van der Waals surface area (Å²) < 4.78 is 0. The lowest BCUT2D eigenvalue weighted by Gasteiger charge is -2.29. The zero-order valence-electron chi connectivity index (χ0n) is 36.6. The van der Waals surface area contributed by atoms with Crippen LogP contribution in [-0.2, 0) is 5.41 Å². The molecule has 0 N–H and O–H groups in total. The van der Waals surface area contributed by atoms with Crippen LogP contribution in [0.15, 0.2) is 255 Å². The van der Waals surface area contributed by atoms with Crippen LogP contribution in [0, 0.1) is 0 Å². The van der Waals surface area contributed by atoms with Crippen LogP contribution in [0.3, 0.4) is 0 Å². The van der Waals surface area contributed by atoms with E-state index in [0.717, 1.165) is 56.4 Å². The molecular formula is C63H48N2. The molecule has 1 aliphatic carbocycles. The van der Waals surface area contributed by atoms with Gasteiger partial charge in [-0.2, -0.15) is 0 Å². The van der Waals surface area contributed by atoms with E-state index >= 15 is 0 Å². The van der Waals surface area contributed by atoms with E-state index in [1.807, 2.05) is 0 Å². The molecule has 10 aromatic carbocycles. The molecule has 0 fully saturated rings. The summed E-state index contributed by atoms with van der Waals surface area (Å²) in [5.41, 5.74) is 21.2. The number of benzene rings is 10. The lowest BCUT2D eigenvalue weighted by Crippen LogP contribution is -2.15. The van der Waals surface area contributed by atoms with Gasteiger partial charge >= 0.3 is 0 Å². The molecule has 10 aromatic rings. The number of hydrogen-bond acceptors (Lipinski definition) is 2. The molecule has 0 saturated carbocycles. The highest BCUT2D eigenvalue weighted by Crippen LogP contribution is 2.51. The first-order valence-electron chi connectivity index (χ1n) is 22.5. The van der Waals surface area contributed by atoms with Gasteiger partial charge in [-0.25, -0.2) is 0 Å². The molecule has 0 bridgehead atoms. The second-order valence-electron chi connectivity index (χ2n) is 17.3. The number of fused-ring (bicyclic) bond motifs is 3. The largest absolute Gasteiger partial charge is 0.310 e. The molecule has 65 heavy (non-hydrogen) atoms. The van der Waals surface area contributed by atoms with Crippen LogP contribution in [0.4, 0.5) is 34.1 Å². The molecule has 2 heteroatoms. The Morgan fingerprint density at radius 1 is 0.231 bits per heavy atom. The summed E-state index contributed by atoms with van der Waals surface area (Å²) in [5.74, 6) is 0. The first kappa shape index (κ1) is 39.6. The van der Waals surface area contributed by atoms with Crippen LogP contribution in [0.25, 0.3) is 55.6 Å². The van der Waals surface area contributed by atoms with Gasteiger partial charge in [-0.1, -0.05) is 196 Å². The van der Waals surface area contributed by atoms with E-state index in [0.29, 0.717) is 0 Å². The Kier molecular flexibility index (Phi) is 10.3. The highest BCUT2D eigenvalue weighted by Gasteiger charge is 2.35. The fourth-order valence-corrected chi connectivity index (χ4v) is 9.85. The van der Waals surface area contributed by atoms with Crippen LogP contribution >= 0.6 is 0 Å². The number of anilines is 6. The van der Waals surface area contributed by atoms with E-state index in [9.17, 15) is 0 Å². The van der Waals surface area contributed by atoms with E-state index in [2.05, 4.69) is 278 Å². The van der Waals surface area contributed by atoms with E-state index < -0.39 is 0 Å². The quantitative estimate of drug-likeness (QED) is 0.135. The van der Waals surface area contributed by atoms with Crippen LogP contribution in [0.5, 0.6) is 0 Å². The van der Waals surface area contributed by atoms with Gasteiger partial charge in [-0.3, -0.25) is 0 Å². The monoisotopic (exact) mass is 832 g/mol. The molecule has 0 aromatic heterocycles. The van der Waals surface area contributed by atoms with Crippen molar-refractivity contribution in [3.8, 4) is 55.6 Å². The van der Waals surface area contributed by atoms with E-state index in [-0.39, 0.29) is 5.41 Å². The molecule has 1 aliphatic rings. The van der Waals surface area contributed by atoms with Crippen molar-refractivity contribution in [1.29, 1.82) is 0 Å². The summed E-state index contributed by atoms with van der Waals surface area (Å²) in [6, 6.07) is 92.6. The maximum absolute atomic E-state index is 2.43. The van der Waals surface area contributed by atoms with Crippen molar-refractivity contribution >= 4 is 34.1 Å². The number of nitrogens with zero attached hydrogens (tertiary/aromatic N) is 2. The SMILES string of the molecule is CC1(C)c2ccccc2-c2cc(N(c3ccc(-c4ccccc4)cc3)c3ccc(-c4ccc(N(c5ccccc5)c5ccccc5)cc4-c4ccccc4)c(-c4ccccc4)c3)ccc21. The minimum Gasteiger partial charge on any atom is -0.310 e. The molecule has 0 heterocycles. The number of para-hydroxylation sites is 2. The summed E-state index contributed by atoms with van der Waals surface area (Å²) in [5, 5.41) is 0. The van der Waals surface area contributed by atoms with Crippen LogP contribution < -0.4 is 9.80 Å². The van der Waals surface area contributed by atoms with Gasteiger partial charge in [0, 0.05) is 39.5 Å². The third-order valence-electron chi connectivity index (χ3n) is 13.1. The van der Waals surface area contributed by atoms with Crippen molar-refractivity contribution in [3.63, 3.8) is 0 Å². The Labute approximate surface area is 383 Å². The Bertz CT molecular complexity index is 3210. The minimum atomic E-state index is -0.0834. The molecule has 0 radical (unpaired) electrons. The fraction of sp³-hybridized carbons (Fsp3) is 0.0476. The molecule has 0 amide bonds. The molecule has 0 saturated heterocycles. The highest BCUT2D eigenvalue weighted by molar-refractivity contribution is 5.97. The zero-order chi connectivity index (χ0) is 43.7. The smallest absolute Gasteiger partial charge is 0.0468 e. The Hall–Kier alpha value is -8.20. The van der Waals surface area contributed by atoms with Crippen LogP contribution in [0.1, 0.15) is 25.0 Å². The van der Waals surface area contributed by atoms with Crippen molar-refractivity contribution in [2.45, 2.75) is 19.3 Å². The third-order valence-corrected chi connectivity index (χ3v) is 13.1. The average molecular weight is 833 g/mol. The maximum Gasteiger partial charge on any atom is 0.0468 e. The average Bonchev–Trinajstić information content (AvgIpc) is 3.61. The first-order chi connectivity index (χ1) is 32.0. The lowest BCUT2D eigenvalue weighted by molar-refractivity contribution is 0.660. The van der Waals surface area contributed by atoms with Gasteiger partial charge in [0.15, 0.2) is 0 Å². The summed E-state index contributed by atoms with van der Waals surface area (Å²) in [6.45, 7) is 4.69. The Balaban J connectivity index is 1.11. The fourth-order valence-electron chi connectivity index (χ4n) is 9.85. The zero-order valence-corrected chi connectivity index (χ0v) is 36.6.